The van der Waals surface area contributed by atoms with Crippen LogP contribution < -0.4 is 0 Å². The molecule has 3 unspecified atom stereocenters. The van der Waals surface area contributed by atoms with E-state index in [2.05, 4.69) is 4.90 Å². The van der Waals surface area contributed by atoms with Gasteiger partial charge in [-0.25, -0.2) is 0 Å². The minimum atomic E-state index is -0.316. The van der Waals surface area contributed by atoms with Gasteiger partial charge in [-0.15, -0.1) is 0 Å². The Labute approximate surface area is 134 Å². The van der Waals surface area contributed by atoms with Crippen LogP contribution in [0.1, 0.15) is 20.8 Å². The van der Waals surface area contributed by atoms with Crippen molar-refractivity contribution in [3.63, 3.8) is 0 Å². The maximum absolute atomic E-state index is 5.54. The van der Waals surface area contributed by atoms with E-state index in [1.165, 1.54) is 0 Å². The highest BCUT2D eigenvalue weighted by molar-refractivity contribution is 4.65. The van der Waals surface area contributed by atoms with Crippen LogP contribution in [0.2, 0.25) is 0 Å². The summed E-state index contributed by atoms with van der Waals surface area (Å²) in [6.07, 6.45) is -0.949. The van der Waals surface area contributed by atoms with Gasteiger partial charge in [0.15, 0.2) is 18.9 Å². The molecule has 22 heavy (non-hydrogen) atoms. The van der Waals surface area contributed by atoms with Gasteiger partial charge in [0.2, 0.25) is 0 Å². The summed E-state index contributed by atoms with van der Waals surface area (Å²) in [6.45, 7) is 9.30. The van der Waals surface area contributed by atoms with Gasteiger partial charge in [0.05, 0.1) is 0 Å². The molecule has 7 heteroatoms. The molecule has 0 aliphatic carbocycles. The van der Waals surface area contributed by atoms with Gasteiger partial charge in [-0.1, -0.05) is 0 Å². The molecule has 0 fully saturated rings. The lowest BCUT2D eigenvalue weighted by atomic mass is 10.4. The van der Waals surface area contributed by atoms with Crippen LogP contribution in [0.4, 0.5) is 0 Å². The SMILES string of the molecule is CCOC(CN(CC(OC)OCC)CC(OC)OCC)OC. The average Bonchev–Trinajstić information content (AvgIpc) is 2.53. The molecule has 0 saturated carbocycles. The monoisotopic (exact) mass is 323 g/mol. The molecule has 0 saturated heterocycles. The topological polar surface area (TPSA) is 58.6 Å². The number of nitrogens with zero attached hydrogens (tertiary/aromatic N) is 1. The number of rotatable bonds is 15. The molecule has 0 aliphatic rings. The molecule has 0 spiro atoms. The fraction of sp³-hybridized carbons (Fsp3) is 1.00. The lowest BCUT2D eigenvalue weighted by molar-refractivity contribution is -0.180. The van der Waals surface area contributed by atoms with Crippen LogP contribution in [0.5, 0.6) is 0 Å². The van der Waals surface area contributed by atoms with E-state index in [0.29, 0.717) is 39.5 Å². The normalized spacial score (nSPS) is 16.0. The summed E-state index contributed by atoms with van der Waals surface area (Å²) in [5.74, 6) is 0. The van der Waals surface area contributed by atoms with Crippen LogP contribution in [-0.2, 0) is 28.4 Å². The lowest BCUT2D eigenvalue weighted by Gasteiger charge is -2.31. The third-order valence-corrected chi connectivity index (χ3v) is 3.07. The van der Waals surface area contributed by atoms with E-state index in [1.807, 2.05) is 20.8 Å². The molecular weight excluding hydrogens is 290 g/mol. The number of hydrogen-bond donors (Lipinski definition) is 0. The van der Waals surface area contributed by atoms with Gasteiger partial charge in [0, 0.05) is 60.8 Å². The molecule has 0 heterocycles. The van der Waals surface area contributed by atoms with Crippen molar-refractivity contribution in [2.75, 3.05) is 60.8 Å². The van der Waals surface area contributed by atoms with Crippen molar-refractivity contribution in [3.8, 4) is 0 Å². The summed E-state index contributed by atoms with van der Waals surface area (Å²) in [4.78, 5) is 2.09. The summed E-state index contributed by atoms with van der Waals surface area (Å²) in [5, 5.41) is 0. The maximum Gasteiger partial charge on any atom is 0.169 e. The van der Waals surface area contributed by atoms with E-state index in [-0.39, 0.29) is 18.9 Å². The maximum atomic E-state index is 5.54. The van der Waals surface area contributed by atoms with Crippen molar-refractivity contribution < 1.29 is 28.4 Å². The van der Waals surface area contributed by atoms with Gasteiger partial charge in [0.25, 0.3) is 0 Å². The van der Waals surface area contributed by atoms with Crippen LogP contribution >= 0.6 is 0 Å². The smallest absolute Gasteiger partial charge is 0.169 e. The summed E-state index contributed by atoms with van der Waals surface area (Å²) in [6, 6.07) is 0. The second kappa shape index (κ2) is 14.3. The number of methoxy groups -OCH3 is 3. The van der Waals surface area contributed by atoms with E-state index in [9.17, 15) is 0 Å². The second-order valence-corrected chi connectivity index (χ2v) is 4.58. The molecular formula is C15H33NO6. The van der Waals surface area contributed by atoms with Crippen molar-refractivity contribution in [1.29, 1.82) is 0 Å². The Balaban J connectivity index is 4.71. The summed E-state index contributed by atoms with van der Waals surface area (Å²) in [5.41, 5.74) is 0. The van der Waals surface area contributed by atoms with E-state index < -0.39 is 0 Å². The molecule has 134 valence electrons. The first-order valence-corrected chi connectivity index (χ1v) is 7.80. The molecule has 0 radical (unpaired) electrons. The molecule has 0 aliphatic heterocycles. The van der Waals surface area contributed by atoms with E-state index in [4.69, 9.17) is 28.4 Å². The van der Waals surface area contributed by atoms with E-state index in [1.54, 1.807) is 21.3 Å². The van der Waals surface area contributed by atoms with Crippen LogP contribution in [0.3, 0.4) is 0 Å². The standard InChI is InChI=1S/C15H33NO6/c1-7-20-13(17-4)10-16(11-14(18-5)21-8-2)12-15(19-6)22-9-3/h13-15H,7-12H2,1-6H3. The summed E-state index contributed by atoms with van der Waals surface area (Å²) >= 11 is 0. The minimum absolute atomic E-state index is 0.316. The highest BCUT2D eigenvalue weighted by Crippen LogP contribution is 2.07. The molecule has 0 N–H and O–H groups in total. The Morgan fingerprint density at radius 1 is 0.591 bits per heavy atom. The van der Waals surface area contributed by atoms with Gasteiger partial charge in [-0.3, -0.25) is 4.90 Å². The Bertz CT molecular complexity index is 206. The molecule has 0 bridgehead atoms. The molecule has 0 aromatic carbocycles. The largest absolute Gasteiger partial charge is 0.355 e. The minimum Gasteiger partial charge on any atom is -0.355 e. The molecule has 0 aromatic heterocycles. The van der Waals surface area contributed by atoms with Crippen molar-refractivity contribution in [2.24, 2.45) is 0 Å². The Kier molecular flexibility index (Phi) is 14.1. The molecule has 7 nitrogen and oxygen atoms in total. The molecule has 0 amide bonds. The Morgan fingerprint density at radius 3 is 1.05 bits per heavy atom. The van der Waals surface area contributed by atoms with Crippen LogP contribution in [-0.4, -0.2) is 84.6 Å². The van der Waals surface area contributed by atoms with E-state index >= 15 is 0 Å². The van der Waals surface area contributed by atoms with Crippen molar-refractivity contribution in [2.45, 2.75) is 39.6 Å². The van der Waals surface area contributed by atoms with Crippen molar-refractivity contribution >= 4 is 0 Å². The van der Waals surface area contributed by atoms with Gasteiger partial charge < -0.3 is 28.4 Å². The van der Waals surface area contributed by atoms with Gasteiger partial charge in [0.1, 0.15) is 0 Å². The number of hydrogen-bond acceptors (Lipinski definition) is 7. The fourth-order valence-corrected chi connectivity index (χ4v) is 2.00. The third kappa shape index (κ3) is 9.68. The average molecular weight is 323 g/mol. The van der Waals surface area contributed by atoms with Crippen LogP contribution in [0, 0.1) is 0 Å². The van der Waals surface area contributed by atoms with Crippen LogP contribution in [0.15, 0.2) is 0 Å². The quantitative estimate of drug-likeness (QED) is 0.421. The molecule has 3 atom stereocenters. The summed E-state index contributed by atoms with van der Waals surface area (Å²) < 4.78 is 32.7. The number of ether oxygens (including phenoxy) is 6. The van der Waals surface area contributed by atoms with Gasteiger partial charge in [-0.05, 0) is 20.8 Å². The van der Waals surface area contributed by atoms with Gasteiger partial charge >= 0.3 is 0 Å². The first kappa shape index (κ1) is 21.7. The molecule has 0 aromatic rings. The van der Waals surface area contributed by atoms with Crippen LogP contribution in [0.25, 0.3) is 0 Å². The van der Waals surface area contributed by atoms with Crippen molar-refractivity contribution in [1.82, 2.24) is 4.90 Å². The first-order chi connectivity index (χ1) is 10.6. The first-order valence-electron chi connectivity index (χ1n) is 7.80. The van der Waals surface area contributed by atoms with E-state index in [0.717, 1.165) is 0 Å². The highest BCUT2D eigenvalue weighted by atomic mass is 16.7. The highest BCUT2D eigenvalue weighted by Gasteiger charge is 2.22. The molecule has 0 rings (SSSR count). The zero-order chi connectivity index (χ0) is 16.8. The summed E-state index contributed by atoms with van der Waals surface area (Å²) in [7, 11) is 4.89. The zero-order valence-electron chi connectivity index (χ0n) is 14.9. The predicted octanol–water partition coefficient (Wildman–Crippen LogP) is 1.32. The van der Waals surface area contributed by atoms with Crippen molar-refractivity contribution in [3.05, 3.63) is 0 Å². The zero-order valence-corrected chi connectivity index (χ0v) is 14.9. The third-order valence-electron chi connectivity index (χ3n) is 3.07. The van der Waals surface area contributed by atoms with Gasteiger partial charge in [-0.2, -0.15) is 0 Å². The lowest BCUT2D eigenvalue weighted by Crippen LogP contribution is -2.45. The Hall–Kier alpha value is -0.280. The second-order valence-electron chi connectivity index (χ2n) is 4.58. The Morgan fingerprint density at radius 2 is 0.864 bits per heavy atom. The fourth-order valence-electron chi connectivity index (χ4n) is 2.00. The predicted molar refractivity (Wildman–Crippen MR) is 83.7 cm³/mol.